The van der Waals surface area contributed by atoms with Gasteiger partial charge in [-0.3, -0.25) is 0 Å². The van der Waals surface area contributed by atoms with E-state index in [1.165, 1.54) is 0 Å². The van der Waals surface area contributed by atoms with Crippen molar-refractivity contribution in [2.45, 2.75) is 0 Å². The fraction of sp³-hybridized carbons (Fsp3) is 0. The third kappa shape index (κ3) is 2.31. The molecule has 2 aromatic heterocycles. The van der Waals surface area contributed by atoms with E-state index in [-0.39, 0.29) is 0 Å². The summed E-state index contributed by atoms with van der Waals surface area (Å²) in [7, 11) is 0. The van der Waals surface area contributed by atoms with Crippen LogP contribution in [0.15, 0.2) is 77.7 Å². The molecule has 4 heteroatoms. The zero-order valence-electron chi connectivity index (χ0n) is 11.6. The van der Waals surface area contributed by atoms with Crippen molar-refractivity contribution in [1.29, 1.82) is 0 Å². The molecule has 0 bridgehead atoms. The molecule has 0 unspecified atom stereocenters. The summed E-state index contributed by atoms with van der Waals surface area (Å²) in [6.07, 6.45) is 2.01. The van der Waals surface area contributed by atoms with Crippen molar-refractivity contribution in [3.63, 3.8) is 0 Å². The molecular weight excluding hydrogens is 338 g/mol. The first-order valence-corrected chi connectivity index (χ1v) is 7.77. The van der Waals surface area contributed by atoms with Gasteiger partial charge in [0.05, 0.1) is 0 Å². The third-order valence-corrected chi connectivity index (χ3v) is 3.94. The van der Waals surface area contributed by atoms with Crippen LogP contribution in [0.2, 0.25) is 0 Å². The van der Waals surface area contributed by atoms with Gasteiger partial charge in [0.25, 0.3) is 0 Å². The van der Waals surface area contributed by atoms with E-state index in [0.29, 0.717) is 4.73 Å². The van der Waals surface area contributed by atoms with Crippen molar-refractivity contribution in [3.8, 4) is 22.3 Å². The Bertz CT molecular complexity index is 931. The van der Waals surface area contributed by atoms with Crippen molar-refractivity contribution in [1.82, 2.24) is 14.6 Å². The molecule has 22 heavy (non-hydrogen) atoms. The van der Waals surface area contributed by atoms with Crippen molar-refractivity contribution in [2.75, 3.05) is 0 Å². The summed E-state index contributed by atoms with van der Waals surface area (Å²) in [5, 5.41) is 4.41. The molecule has 4 rings (SSSR count). The molecule has 4 aromatic rings. The van der Waals surface area contributed by atoms with E-state index in [1.807, 2.05) is 47.1 Å². The molecule has 0 atom stereocenters. The molecule has 0 N–H and O–H groups in total. The first kappa shape index (κ1) is 13.2. The lowest BCUT2D eigenvalue weighted by atomic mass is 10.0. The van der Waals surface area contributed by atoms with Gasteiger partial charge in [0.2, 0.25) is 4.73 Å². The van der Waals surface area contributed by atoms with E-state index in [4.69, 9.17) is 0 Å². The van der Waals surface area contributed by atoms with E-state index in [1.54, 1.807) is 0 Å². The third-order valence-electron chi connectivity index (χ3n) is 3.60. The van der Waals surface area contributed by atoms with Gasteiger partial charge in [-0.2, -0.15) is 0 Å². The maximum Gasteiger partial charge on any atom is 0.218 e. The molecule has 2 aromatic carbocycles. The number of halogens is 1. The molecule has 0 fully saturated rings. The van der Waals surface area contributed by atoms with Crippen LogP contribution in [0.1, 0.15) is 0 Å². The summed E-state index contributed by atoms with van der Waals surface area (Å²) in [5.41, 5.74) is 5.32. The second-order valence-corrected chi connectivity index (χ2v) is 5.73. The smallest absolute Gasteiger partial charge is 0.218 e. The van der Waals surface area contributed by atoms with Gasteiger partial charge in [0.1, 0.15) is 0 Å². The molecule has 0 aliphatic heterocycles. The number of aromatic nitrogens is 3. The zero-order valence-corrected chi connectivity index (χ0v) is 13.2. The van der Waals surface area contributed by atoms with Gasteiger partial charge >= 0.3 is 0 Å². The predicted molar refractivity (Wildman–Crippen MR) is 91.6 cm³/mol. The topological polar surface area (TPSA) is 30.2 Å². The minimum atomic E-state index is 0.592. The molecule has 3 nitrogen and oxygen atoms in total. The van der Waals surface area contributed by atoms with E-state index in [2.05, 4.69) is 56.3 Å². The molecule has 0 spiro atoms. The van der Waals surface area contributed by atoms with Crippen LogP contribution in [-0.4, -0.2) is 14.6 Å². The van der Waals surface area contributed by atoms with Crippen LogP contribution in [0.3, 0.4) is 0 Å². The van der Waals surface area contributed by atoms with Crippen LogP contribution >= 0.6 is 15.9 Å². The number of nitrogens with zero attached hydrogens (tertiary/aromatic N) is 3. The molecule has 0 radical (unpaired) electrons. The lowest BCUT2D eigenvalue weighted by Gasteiger charge is -2.08. The summed E-state index contributed by atoms with van der Waals surface area (Å²) in [5.74, 6) is 0. The highest BCUT2D eigenvalue weighted by atomic mass is 79.9. The van der Waals surface area contributed by atoms with Crippen LogP contribution in [-0.2, 0) is 0 Å². The Kier molecular flexibility index (Phi) is 3.24. The number of fused-ring (bicyclic) bond motifs is 1. The SMILES string of the molecule is Brc1nc2c(-c3ccccc3)cc(-c3ccccc3)cn2n1. The number of hydrogen-bond acceptors (Lipinski definition) is 2. The minimum Gasteiger partial charge on any atom is -0.219 e. The van der Waals surface area contributed by atoms with Crippen molar-refractivity contribution in [3.05, 3.63) is 77.7 Å². The molecule has 0 aliphatic carbocycles. The quantitative estimate of drug-likeness (QED) is 0.519. The fourth-order valence-electron chi connectivity index (χ4n) is 2.58. The standard InChI is InChI=1S/C18H12BrN3/c19-18-20-17-16(14-9-5-2-6-10-14)11-15(12-22(17)21-18)13-7-3-1-4-8-13/h1-12H. The fourth-order valence-corrected chi connectivity index (χ4v) is 2.92. The number of pyridine rings is 1. The van der Waals surface area contributed by atoms with Gasteiger partial charge in [-0.25, -0.2) is 9.50 Å². The van der Waals surface area contributed by atoms with Gasteiger partial charge < -0.3 is 0 Å². The lowest BCUT2D eigenvalue weighted by molar-refractivity contribution is 0.948. The zero-order chi connectivity index (χ0) is 14.9. The van der Waals surface area contributed by atoms with Crippen LogP contribution in [0.25, 0.3) is 27.9 Å². The Balaban J connectivity index is 2.02. The lowest BCUT2D eigenvalue weighted by Crippen LogP contribution is -1.93. The van der Waals surface area contributed by atoms with Gasteiger partial charge in [-0.1, -0.05) is 60.7 Å². The normalized spacial score (nSPS) is 11.0. The summed E-state index contributed by atoms with van der Waals surface area (Å²) in [6.45, 7) is 0. The van der Waals surface area contributed by atoms with Crippen LogP contribution in [0.5, 0.6) is 0 Å². The maximum atomic E-state index is 4.49. The highest BCUT2D eigenvalue weighted by Crippen LogP contribution is 2.29. The Morgan fingerprint density at radius 2 is 1.41 bits per heavy atom. The molecule has 2 heterocycles. The Hall–Kier alpha value is -2.46. The summed E-state index contributed by atoms with van der Waals surface area (Å²) < 4.78 is 2.42. The first-order valence-electron chi connectivity index (χ1n) is 6.98. The van der Waals surface area contributed by atoms with E-state index < -0.39 is 0 Å². The molecule has 106 valence electrons. The molecule has 0 saturated heterocycles. The number of hydrogen-bond donors (Lipinski definition) is 0. The van der Waals surface area contributed by atoms with Gasteiger partial charge in [-0.15, -0.1) is 5.10 Å². The van der Waals surface area contributed by atoms with Crippen molar-refractivity contribution >= 4 is 21.6 Å². The number of rotatable bonds is 2. The predicted octanol–water partition coefficient (Wildman–Crippen LogP) is 4.83. The van der Waals surface area contributed by atoms with Crippen LogP contribution in [0, 0.1) is 0 Å². The summed E-state index contributed by atoms with van der Waals surface area (Å²) >= 11 is 3.37. The van der Waals surface area contributed by atoms with Crippen LogP contribution in [0.4, 0.5) is 0 Å². The molecule has 0 aliphatic rings. The van der Waals surface area contributed by atoms with E-state index in [0.717, 1.165) is 27.9 Å². The average Bonchev–Trinajstić information content (AvgIpc) is 2.95. The Labute approximate surface area is 136 Å². The second kappa shape index (κ2) is 5.39. The highest BCUT2D eigenvalue weighted by molar-refractivity contribution is 9.10. The molecule has 0 saturated carbocycles. The second-order valence-electron chi connectivity index (χ2n) is 5.02. The van der Waals surface area contributed by atoms with E-state index >= 15 is 0 Å². The van der Waals surface area contributed by atoms with Gasteiger partial charge in [0.15, 0.2) is 5.65 Å². The minimum absolute atomic E-state index is 0.592. The Morgan fingerprint density at radius 3 is 2.09 bits per heavy atom. The average molecular weight is 350 g/mol. The summed E-state index contributed by atoms with van der Waals surface area (Å²) in [6, 6.07) is 22.7. The van der Waals surface area contributed by atoms with E-state index in [9.17, 15) is 0 Å². The van der Waals surface area contributed by atoms with Crippen molar-refractivity contribution < 1.29 is 0 Å². The molecule has 0 amide bonds. The highest BCUT2D eigenvalue weighted by Gasteiger charge is 2.11. The first-order chi connectivity index (χ1) is 10.8. The summed E-state index contributed by atoms with van der Waals surface area (Å²) in [4.78, 5) is 4.49. The van der Waals surface area contributed by atoms with Gasteiger partial charge in [-0.05, 0) is 33.1 Å². The largest absolute Gasteiger partial charge is 0.219 e. The van der Waals surface area contributed by atoms with Crippen molar-refractivity contribution in [2.24, 2.45) is 0 Å². The maximum absolute atomic E-state index is 4.49. The van der Waals surface area contributed by atoms with Crippen LogP contribution < -0.4 is 0 Å². The number of benzene rings is 2. The van der Waals surface area contributed by atoms with Gasteiger partial charge in [0, 0.05) is 17.3 Å². The molecular formula is C18H12BrN3. The monoisotopic (exact) mass is 349 g/mol. The Morgan fingerprint density at radius 1 is 0.773 bits per heavy atom.